The zero-order valence-electron chi connectivity index (χ0n) is 19.3. The van der Waals surface area contributed by atoms with Crippen LogP contribution in [0.25, 0.3) is 11.1 Å². The molecule has 3 atom stereocenters. The summed E-state index contributed by atoms with van der Waals surface area (Å²) in [5.74, 6) is -0.427. The Morgan fingerprint density at radius 1 is 1.26 bits per heavy atom. The maximum absolute atomic E-state index is 15.0. The van der Waals surface area contributed by atoms with Gasteiger partial charge in [0.25, 0.3) is 0 Å². The molecular weight excluding hydrogens is 455 g/mol. The summed E-state index contributed by atoms with van der Waals surface area (Å²) in [6, 6.07) is 8.12. The highest BCUT2D eigenvalue weighted by Crippen LogP contribution is 2.30. The van der Waals surface area contributed by atoms with Crippen molar-refractivity contribution in [3.63, 3.8) is 0 Å². The summed E-state index contributed by atoms with van der Waals surface area (Å²) >= 11 is 0. The molecule has 35 heavy (non-hydrogen) atoms. The van der Waals surface area contributed by atoms with Gasteiger partial charge in [0.1, 0.15) is 17.6 Å². The third-order valence-electron chi connectivity index (χ3n) is 6.13. The molecule has 4 heterocycles. The number of aliphatic hydroxyl groups is 1. The van der Waals surface area contributed by atoms with Crippen molar-refractivity contribution in [2.45, 2.75) is 45.1 Å². The second kappa shape index (κ2) is 9.41. The van der Waals surface area contributed by atoms with E-state index in [9.17, 15) is 9.90 Å². The number of anilines is 1. The number of carbonyl (C=O) groups excluding carboxylic acids is 1. The number of pyridine rings is 1. The number of aromatic nitrogens is 4. The summed E-state index contributed by atoms with van der Waals surface area (Å²) in [5.41, 5.74) is 2.61. The Bertz CT molecular complexity index is 1230. The molecule has 182 valence electrons. The van der Waals surface area contributed by atoms with Crippen molar-refractivity contribution in [2.75, 3.05) is 11.4 Å². The van der Waals surface area contributed by atoms with Gasteiger partial charge in [0.05, 0.1) is 36.8 Å². The van der Waals surface area contributed by atoms with Crippen molar-refractivity contribution in [2.24, 2.45) is 11.1 Å². The summed E-state index contributed by atoms with van der Waals surface area (Å²) in [6.45, 7) is 4.49. The standard InChI is InChI=1S/C24H25FN6O4/c1-14(2)23(32)22-10-21(28-35-22)20-6-3-15(11-26-20)18-5-4-16(9-19(18)25)31-13-17(34-24(31)33)12-30-8-7-27-29-30/h3-9,11,14,17,22-23,32H,10,12-13H2,1-2H3. The number of amides is 1. The Balaban J connectivity index is 1.26. The Morgan fingerprint density at radius 3 is 2.80 bits per heavy atom. The van der Waals surface area contributed by atoms with E-state index in [1.54, 1.807) is 47.5 Å². The SMILES string of the molecule is CC(C)C(O)C1CC(c2ccc(-c3ccc(N4CC(Cn5ccnn5)OC4=O)cc3F)cn2)=NO1. The van der Waals surface area contributed by atoms with Crippen LogP contribution in [0.3, 0.4) is 0 Å². The molecule has 1 N–H and O–H groups in total. The molecule has 0 saturated carbocycles. The van der Waals surface area contributed by atoms with Crippen molar-refractivity contribution in [3.8, 4) is 11.1 Å². The molecule has 1 amide bonds. The fraction of sp³-hybridized carbons (Fsp3) is 0.375. The number of aliphatic hydroxyl groups excluding tert-OH is 1. The van der Waals surface area contributed by atoms with Crippen LogP contribution in [0.1, 0.15) is 26.0 Å². The summed E-state index contributed by atoms with van der Waals surface area (Å²) in [7, 11) is 0. The van der Waals surface area contributed by atoms with Crippen molar-refractivity contribution in [3.05, 3.63) is 60.4 Å². The number of hydrogen-bond donors (Lipinski definition) is 1. The van der Waals surface area contributed by atoms with Crippen LogP contribution >= 0.6 is 0 Å². The predicted octanol–water partition coefficient (Wildman–Crippen LogP) is 3.01. The minimum absolute atomic E-state index is 0.0535. The fourth-order valence-corrected chi connectivity index (χ4v) is 4.16. The lowest BCUT2D eigenvalue weighted by molar-refractivity contribution is -0.0378. The van der Waals surface area contributed by atoms with Gasteiger partial charge >= 0.3 is 6.09 Å². The lowest BCUT2D eigenvalue weighted by Gasteiger charge is -2.19. The van der Waals surface area contributed by atoms with Crippen LogP contribution in [0.2, 0.25) is 0 Å². The van der Waals surface area contributed by atoms with Crippen LogP contribution in [0.4, 0.5) is 14.9 Å². The van der Waals surface area contributed by atoms with E-state index < -0.39 is 30.2 Å². The van der Waals surface area contributed by atoms with E-state index in [4.69, 9.17) is 9.57 Å². The summed E-state index contributed by atoms with van der Waals surface area (Å²) in [5, 5.41) is 21.9. The number of nitrogens with zero attached hydrogens (tertiary/aromatic N) is 6. The molecule has 10 nitrogen and oxygen atoms in total. The second-order valence-corrected chi connectivity index (χ2v) is 8.96. The minimum Gasteiger partial charge on any atom is -0.442 e. The Kier molecular flexibility index (Phi) is 6.16. The smallest absolute Gasteiger partial charge is 0.414 e. The normalized spacial score (nSPS) is 20.7. The molecule has 0 radical (unpaired) electrons. The van der Waals surface area contributed by atoms with E-state index in [1.807, 2.05) is 13.8 Å². The number of benzene rings is 1. The number of hydrogen-bond acceptors (Lipinski definition) is 8. The van der Waals surface area contributed by atoms with E-state index in [2.05, 4.69) is 20.5 Å². The van der Waals surface area contributed by atoms with Gasteiger partial charge in [-0.15, -0.1) is 5.10 Å². The maximum atomic E-state index is 15.0. The van der Waals surface area contributed by atoms with Crippen molar-refractivity contribution < 1.29 is 23.9 Å². The number of cyclic esters (lactones) is 1. The lowest BCUT2D eigenvalue weighted by atomic mass is 9.97. The molecule has 1 fully saturated rings. The number of oxime groups is 1. The average Bonchev–Trinajstić information content (AvgIpc) is 3.60. The van der Waals surface area contributed by atoms with E-state index in [0.29, 0.717) is 41.2 Å². The fourth-order valence-electron chi connectivity index (χ4n) is 4.16. The molecule has 2 aliphatic heterocycles. The number of rotatable bonds is 7. The number of ether oxygens (including phenoxy) is 1. The van der Waals surface area contributed by atoms with E-state index in [-0.39, 0.29) is 12.5 Å². The number of carbonyl (C=O) groups is 1. The average molecular weight is 481 g/mol. The summed E-state index contributed by atoms with van der Waals surface area (Å²) in [6.07, 6.45) is 3.30. The second-order valence-electron chi connectivity index (χ2n) is 8.96. The first-order chi connectivity index (χ1) is 16.9. The Labute approximate surface area is 201 Å². The largest absolute Gasteiger partial charge is 0.442 e. The molecule has 0 aliphatic carbocycles. The molecule has 11 heteroatoms. The third-order valence-corrected chi connectivity index (χ3v) is 6.13. The van der Waals surface area contributed by atoms with Crippen LogP contribution < -0.4 is 4.90 Å². The first-order valence-corrected chi connectivity index (χ1v) is 11.4. The van der Waals surface area contributed by atoms with Crippen LogP contribution in [0, 0.1) is 11.7 Å². The van der Waals surface area contributed by atoms with E-state index >= 15 is 4.39 Å². The first-order valence-electron chi connectivity index (χ1n) is 11.4. The molecule has 3 unspecified atom stereocenters. The summed E-state index contributed by atoms with van der Waals surface area (Å²) in [4.78, 5) is 23.5. The minimum atomic E-state index is -0.617. The quantitative estimate of drug-likeness (QED) is 0.553. The van der Waals surface area contributed by atoms with E-state index in [1.165, 1.54) is 11.0 Å². The van der Waals surface area contributed by atoms with Gasteiger partial charge < -0.3 is 14.7 Å². The van der Waals surface area contributed by atoms with Gasteiger partial charge in [-0.05, 0) is 30.2 Å². The topological polar surface area (TPSA) is 115 Å². The van der Waals surface area contributed by atoms with Gasteiger partial charge in [-0.1, -0.05) is 30.3 Å². The van der Waals surface area contributed by atoms with Crippen LogP contribution in [0.5, 0.6) is 0 Å². The lowest BCUT2D eigenvalue weighted by Crippen LogP contribution is -2.31. The Morgan fingerprint density at radius 2 is 2.11 bits per heavy atom. The highest BCUT2D eigenvalue weighted by atomic mass is 19.1. The van der Waals surface area contributed by atoms with Crippen molar-refractivity contribution in [1.82, 2.24) is 20.0 Å². The monoisotopic (exact) mass is 480 g/mol. The van der Waals surface area contributed by atoms with Gasteiger partial charge in [-0.2, -0.15) is 0 Å². The maximum Gasteiger partial charge on any atom is 0.414 e. The molecular formula is C24H25FN6O4. The molecule has 2 aromatic heterocycles. The first kappa shape index (κ1) is 22.9. The van der Waals surface area contributed by atoms with Crippen LogP contribution in [-0.2, 0) is 16.1 Å². The zero-order chi connectivity index (χ0) is 24.5. The zero-order valence-corrected chi connectivity index (χ0v) is 19.3. The van der Waals surface area contributed by atoms with Crippen molar-refractivity contribution >= 4 is 17.5 Å². The molecule has 0 bridgehead atoms. The third kappa shape index (κ3) is 4.72. The Hall–Kier alpha value is -3.86. The molecule has 2 aliphatic rings. The van der Waals surface area contributed by atoms with Crippen LogP contribution in [-0.4, -0.2) is 61.7 Å². The summed E-state index contributed by atoms with van der Waals surface area (Å²) < 4.78 is 22.0. The highest BCUT2D eigenvalue weighted by Gasteiger charge is 2.33. The molecule has 1 saturated heterocycles. The van der Waals surface area contributed by atoms with Gasteiger partial charge in [-0.3, -0.25) is 9.88 Å². The molecule has 5 rings (SSSR count). The molecule has 0 spiro atoms. The van der Waals surface area contributed by atoms with Gasteiger partial charge in [0.15, 0.2) is 6.10 Å². The van der Waals surface area contributed by atoms with Crippen LogP contribution in [0.15, 0.2) is 54.1 Å². The predicted molar refractivity (Wildman–Crippen MR) is 124 cm³/mol. The number of halogens is 1. The van der Waals surface area contributed by atoms with Crippen molar-refractivity contribution in [1.29, 1.82) is 0 Å². The molecule has 3 aromatic rings. The van der Waals surface area contributed by atoms with Gasteiger partial charge in [0, 0.05) is 29.9 Å². The van der Waals surface area contributed by atoms with E-state index in [0.717, 1.165) is 0 Å². The van der Waals surface area contributed by atoms with Gasteiger partial charge in [-0.25, -0.2) is 13.9 Å². The molecule has 1 aromatic carbocycles. The van der Waals surface area contributed by atoms with Gasteiger partial charge in [0.2, 0.25) is 0 Å². The highest BCUT2D eigenvalue weighted by molar-refractivity contribution is 5.99.